The Morgan fingerprint density at radius 1 is 1.39 bits per heavy atom. The Morgan fingerprint density at radius 2 is 2.00 bits per heavy atom. The highest BCUT2D eigenvalue weighted by Crippen LogP contribution is 2.42. The minimum absolute atomic E-state index is 0.0336. The summed E-state index contributed by atoms with van der Waals surface area (Å²) in [6, 6.07) is 8.91. The first-order valence-corrected chi connectivity index (χ1v) is 8.05. The molecule has 1 heterocycles. The molecule has 0 radical (unpaired) electrons. The molecule has 1 saturated heterocycles. The minimum atomic E-state index is -3.22. The Hall–Kier alpha value is -0.900. The van der Waals surface area contributed by atoms with Crippen molar-refractivity contribution in [3.05, 3.63) is 34.3 Å². The molecule has 0 bridgehead atoms. The molecule has 2 rings (SSSR count). The fourth-order valence-electron chi connectivity index (χ4n) is 2.20. The molecule has 0 aliphatic carbocycles. The quantitative estimate of drug-likeness (QED) is 0.897. The fourth-order valence-corrected chi connectivity index (χ4v) is 4.44. The van der Waals surface area contributed by atoms with E-state index in [0.717, 1.165) is 4.47 Å². The third kappa shape index (κ3) is 2.44. The molecule has 1 aromatic rings. The van der Waals surface area contributed by atoms with Crippen LogP contribution >= 0.6 is 15.9 Å². The molecule has 0 saturated carbocycles. The minimum Gasteiger partial charge on any atom is -0.387 e. The standard InChI is InChI=1S/C12H12BrNO3S/c13-10-3-1-9(2-4-10)11(15)12(7-14)5-6-18(16,17)8-12/h1-4,11,15H,5-6,8H2. The molecule has 0 amide bonds. The first-order valence-electron chi connectivity index (χ1n) is 5.44. The van der Waals surface area contributed by atoms with Crippen LogP contribution in [0.25, 0.3) is 0 Å². The summed E-state index contributed by atoms with van der Waals surface area (Å²) in [4.78, 5) is 0. The van der Waals surface area contributed by atoms with Crippen molar-refractivity contribution in [1.82, 2.24) is 0 Å². The summed E-state index contributed by atoms with van der Waals surface area (Å²) in [6.07, 6.45) is -0.892. The molecule has 4 nitrogen and oxygen atoms in total. The zero-order chi connectivity index (χ0) is 13.4. The number of rotatable bonds is 2. The van der Waals surface area contributed by atoms with E-state index in [2.05, 4.69) is 15.9 Å². The van der Waals surface area contributed by atoms with Crippen LogP contribution in [0.5, 0.6) is 0 Å². The molecular formula is C12H12BrNO3S. The van der Waals surface area contributed by atoms with Gasteiger partial charge < -0.3 is 5.11 Å². The summed E-state index contributed by atoms with van der Waals surface area (Å²) in [5, 5.41) is 19.5. The maximum Gasteiger partial charge on any atom is 0.152 e. The van der Waals surface area contributed by atoms with Crippen molar-refractivity contribution >= 4 is 25.8 Å². The van der Waals surface area contributed by atoms with E-state index in [9.17, 15) is 18.8 Å². The highest BCUT2D eigenvalue weighted by molar-refractivity contribution is 9.10. The van der Waals surface area contributed by atoms with Crippen molar-refractivity contribution in [2.24, 2.45) is 5.41 Å². The summed E-state index contributed by atoms with van der Waals surface area (Å²) in [7, 11) is -3.22. The predicted octanol–water partition coefficient (Wildman–Crippen LogP) is 1.81. The van der Waals surface area contributed by atoms with Crippen LogP contribution in [0.1, 0.15) is 18.1 Å². The van der Waals surface area contributed by atoms with Crippen LogP contribution in [0.15, 0.2) is 28.7 Å². The van der Waals surface area contributed by atoms with Gasteiger partial charge in [-0.05, 0) is 24.1 Å². The van der Waals surface area contributed by atoms with Gasteiger partial charge in [-0.3, -0.25) is 0 Å². The molecule has 0 spiro atoms. The topological polar surface area (TPSA) is 78.2 Å². The van der Waals surface area contributed by atoms with E-state index in [1.54, 1.807) is 24.3 Å². The largest absolute Gasteiger partial charge is 0.387 e. The van der Waals surface area contributed by atoms with Crippen LogP contribution in [0.4, 0.5) is 0 Å². The maximum absolute atomic E-state index is 11.5. The lowest BCUT2D eigenvalue weighted by Crippen LogP contribution is -2.28. The van der Waals surface area contributed by atoms with Gasteiger partial charge in [0.05, 0.1) is 23.7 Å². The second-order valence-corrected chi connectivity index (χ2v) is 7.66. The Balaban J connectivity index is 2.35. The van der Waals surface area contributed by atoms with Gasteiger partial charge in [-0.25, -0.2) is 8.42 Å². The van der Waals surface area contributed by atoms with Crippen molar-refractivity contribution in [1.29, 1.82) is 5.26 Å². The molecule has 18 heavy (non-hydrogen) atoms. The highest BCUT2D eigenvalue weighted by Gasteiger charge is 2.48. The van der Waals surface area contributed by atoms with Gasteiger partial charge in [0.2, 0.25) is 0 Å². The Bertz CT molecular complexity index is 591. The van der Waals surface area contributed by atoms with Crippen molar-refractivity contribution in [3.8, 4) is 6.07 Å². The van der Waals surface area contributed by atoms with E-state index in [4.69, 9.17) is 0 Å². The third-order valence-corrected chi connectivity index (χ3v) is 5.58. The number of nitriles is 1. The fraction of sp³-hybridized carbons (Fsp3) is 0.417. The first-order chi connectivity index (χ1) is 8.38. The van der Waals surface area contributed by atoms with Gasteiger partial charge >= 0.3 is 0 Å². The lowest BCUT2D eigenvalue weighted by molar-refractivity contribution is 0.0793. The molecule has 2 unspecified atom stereocenters. The van der Waals surface area contributed by atoms with E-state index in [-0.39, 0.29) is 17.9 Å². The van der Waals surface area contributed by atoms with Crippen LogP contribution in [-0.2, 0) is 9.84 Å². The van der Waals surface area contributed by atoms with E-state index < -0.39 is 21.4 Å². The normalized spacial score (nSPS) is 27.6. The van der Waals surface area contributed by atoms with E-state index >= 15 is 0 Å². The average Bonchev–Trinajstić information content (AvgIpc) is 2.66. The number of hydrogen-bond acceptors (Lipinski definition) is 4. The Morgan fingerprint density at radius 3 is 2.44 bits per heavy atom. The van der Waals surface area contributed by atoms with Crippen molar-refractivity contribution in [2.45, 2.75) is 12.5 Å². The van der Waals surface area contributed by atoms with E-state index in [0.29, 0.717) is 5.56 Å². The van der Waals surface area contributed by atoms with Crippen molar-refractivity contribution in [2.75, 3.05) is 11.5 Å². The van der Waals surface area contributed by atoms with E-state index in [1.807, 2.05) is 6.07 Å². The summed E-state index contributed by atoms with van der Waals surface area (Å²) < 4.78 is 23.9. The predicted molar refractivity (Wildman–Crippen MR) is 70.4 cm³/mol. The molecule has 1 aliphatic rings. The molecule has 96 valence electrons. The van der Waals surface area contributed by atoms with Gasteiger partial charge in [-0.1, -0.05) is 28.1 Å². The SMILES string of the molecule is N#CC1(C(O)c2ccc(Br)cc2)CCS(=O)(=O)C1. The lowest BCUT2D eigenvalue weighted by Gasteiger charge is -2.25. The van der Waals surface area contributed by atoms with Crippen LogP contribution in [0, 0.1) is 16.7 Å². The molecule has 1 N–H and O–H groups in total. The molecule has 6 heteroatoms. The number of benzene rings is 1. The summed E-state index contributed by atoms with van der Waals surface area (Å²) in [6.45, 7) is 0. The first kappa shape index (κ1) is 13.5. The number of aliphatic hydroxyl groups excluding tert-OH is 1. The second-order valence-electron chi connectivity index (χ2n) is 4.56. The van der Waals surface area contributed by atoms with Gasteiger partial charge in [0, 0.05) is 4.47 Å². The van der Waals surface area contributed by atoms with Crippen molar-refractivity contribution in [3.63, 3.8) is 0 Å². The maximum atomic E-state index is 11.5. The van der Waals surface area contributed by atoms with Crippen LogP contribution in [0.3, 0.4) is 0 Å². The smallest absolute Gasteiger partial charge is 0.152 e. The second kappa shape index (κ2) is 4.65. The summed E-state index contributed by atoms with van der Waals surface area (Å²) in [5.41, 5.74) is -0.649. The number of aliphatic hydroxyl groups is 1. The number of sulfone groups is 1. The van der Waals surface area contributed by atoms with Gasteiger partial charge in [0.1, 0.15) is 5.41 Å². The van der Waals surface area contributed by atoms with Crippen LogP contribution in [-0.4, -0.2) is 25.0 Å². The summed E-state index contributed by atoms with van der Waals surface area (Å²) >= 11 is 3.28. The molecule has 1 aromatic carbocycles. The zero-order valence-electron chi connectivity index (χ0n) is 9.51. The number of hydrogen-bond donors (Lipinski definition) is 1. The summed E-state index contributed by atoms with van der Waals surface area (Å²) in [5.74, 6) is -0.304. The van der Waals surface area contributed by atoms with Crippen molar-refractivity contribution < 1.29 is 13.5 Å². The van der Waals surface area contributed by atoms with E-state index in [1.165, 1.54) is 0 Å². The molecule has 0 aromatic heterocycles. The number of nitrogens with zero attached hydrogens (tertiary/aromatic N) is 1. The number of halogens is 1. The van der Waals surface area contributed by atoms with Gasteiger partial charge in [-0.2, -0.15) is 5.26 Å². The average molecular weight is 330 g/mol. The Labute approximate surface area is 114 Å². The lowest BCUT2D eigenvalue weighted by atomic mass is 9.80. The van der Waals surface area contributed by atoms with Crippen LogP contribution < -0.4 is 0 Å². The van der Waals surface area contributed by atoms with Gasteiger partial charge in [0.25, 0.3) is 0 Å². The van der Waals surface area contributed by atoms with Crippen LogP contribution in [0.2, 0.25) is 0 Å². The van der Waals surface area contributed by atoms with Gasteiger partial charge in [0.15, 0.2) is 9.84 Å². The third-order valence-electron chi connectivity index (χ3n) is 3.27. The molecule has 1 aliphatic heterocycles. The molecule has 2 atom stereocenters. The molecular weight excluding hydrogens is 318 g/mol. The highest BCUT2D eigenvalue weighted by atomic mass is 79.9. The zero-order valence-corrected chi connectivity index (χ0v) is 11.9. The van der Waals surface area contributed by atoms with Gasteiger partial charge in [-0.15, -0.1) is 0 Å². The molecule has 1 fully saturated rings. The Kier molecular flexibility index (Phi) is 3.49. The monoisotopic (exact) mass is 329 g/mol.